The SMILES string of the molecule is O=C(NO)c1cccc(S(=O)(=O)NCCc2ccccc2)c1. The molecule has 0 spiro atoms. The lowest BCUT2D eigenvalue weighted by Crippen LogP contribution is -2.26. The lowest BCUT2D eigenvalue weighted by atomic mass is 10.2. The van der Waals surface area contributed by atoms with Crippen LogP contribution in [0.3, 0.4) is 0 Å². The molecule has 6 nitrogen and oxygen atoms in total. The number of nitrogens with one attached hydrogen (secondary N) is 2. The molecule has 0 aliphatic heterocycles. The quantitative estimate of drug-likeness (QED) is 0.552. The molecule has 0 fully saturated rings. The molecule has 1 amide bonds. The molecule has 7 heteroatoms. The van der Waals surface area contributed by atoms with Gasteiger partial charge in [0.15, 0.2) is 0 Å². The molecule has 0 unspecified atom stereocenters. The molecule has 3 N–H and O–H groups in total. The van der Waals surface area contributed by atoms with E-state index >= 15 is 0 Å². The van der Waals surface area contributed by atoms with Crippen LogP contribution < -0.4 is 10.2 Å². The van der Waals surface area contributed by atoms with Crippen molar-refractivity contribution >= 4 is 15.9 Å². The molecular weight excluding hydrogens is 304 g/mol. The number of carbonyl (C=O) groups is 1. The van der Waals surface area contributed by atoms with Gasteiger partial charge in [-0.05, 0) is 30.2 Å². The van der Waals surface area contributed by atoms with E-state index in [9.17, 15) is 13.2 Å². The minimum Gasteiger partial charge on any atom is -0.288 e. The fourth-order valence-corrected chi connectivity index (χ4v) is 3.00. The lowest BCUT2D eigenvalue weighted by Gasteiger charge is -2.08. The molecule has 0 saturated carbocycles. The number of hydrogen-bond acceptors (Lipinski definition) is 4. The van der Waals surface area contributed by atoms with Crippen LogP contribution in [0.25, 0.3) is 0 Å². The molecule has 2 aromatic rings. The minimum atomic E-state index is -3.71. The normalized spacial score (nSPS) is 11.1. The van der Waals surface area contributed by atoms with Crippen LogP contribution in [0.4, 0.5) is 0 Å². The van der Waals surface area contributed by atoms with Gasteiger partial charge in [0.05, 0.1) is 4.90 Å². The first kappa shape index (κ1) is 16.2. The van der Waals surface area contributed by atoms with E-state index in [0.29, 0.717) is 6.42 Å². The van der Waals surface area contributed by atoms with E-state index in [4.69, 9.17) is 5.21 Å². The van der Waals surface area contributed by atoms with Crippen LogP contribution >= 0.6 is 0 Å². The fourth-order valence-electron chi connectivity index (χ4n) is 1.93. The van der Waals surface area contributed by atoms with Gasteiger partial charge in [0.2, 0.25) is 10.0 Å². The van der Waals surface area contributed by atoms with E-state index in [0.717, 1.165) is 5.56 Å². The Hall–Kier alpha value is -2.22. The van der Waals surface area contributed by atoms with Crippen molar-refractivity contribution in [2.45, 2.75) is 11.3 Å². The van der Waals surface area contributed by atoms with Crippen molar-refractivity contribution < 1.29 is 18.4 Å². The monoisotopic (exact) mass is 320 g/mol. The van der Waals surface area contributed by atoms with Gasteiger partial charge in [-0.15, -0.1) is 0 Å². The van der Waals surface area contributed by atoms with Crippen LogP contribution in [0.15, 0.2) is 59.5 Å². The molecule has 2 rings (SSSR count). The lowest BCUT2D eigenvalue weighted by molar-refractivity contribution is 0.0706. The van der Waals surface area contributed by atoms with Crippen LogP contribution in [0.2, 0.25) is 0 Å². The Labute approximate surface area is 128 Å². The van der Waals surface area contributed by atoms with E-state index in [1.165, 1.54) is 29.7 Å². The second-order valence-electron chi connectivity index (χ2n) is 4.60. The summed E-state index contributed by atoms with van der Waals surface area (Å²) in [6.07, 6.45) is 0.566. The van der Waals surface area contributed by atoms with Gasteiger partial charge in [-0.1, -0.05) is 36.4 Å². The second-order valence-corrected chi connectivity index (χ2v) is 6.37. The van der Waals surface area contributed by atoms with Gasteiger partial charge in [0, 0.05) is 12.1 Å². The van der Waals surface area contributed by atoms with E-state index in [-0.39, 0.29) is 17.0 Å². The molecule has 0 aliphatic carbocycles. The maximum atomic E-state index is 12.2. The summed E-state index contributed by atoms with van der Waals surface area (Å²) in [5, 5.41) is 8.58. The fraction of sp³-hybridized carbons (Fsp3) is 0.133. The average molecular weight is 320 g/mol. The zero-order valence-electron chi connectivity index (χ0n) is 11.7. The van der Waals surface area contributed by atoms with Crippen LogP contribution in [0.5, 0.6) is 0 Å². The predicted molar refractivity (Wildman–Crippen MR) is 81.0 cm³/mol. The number of hydrogen-bond donors (Lipinski definition) is 3. The minimum absolute atomic E-state index is 0.0262. The van der Waals surface area contributed by atoms with E-state index in [2.05, 4.69) is 4.72 Å². The highest BCUT2D eigenvalue weighted by Gasteiger charge is 2.15. The Morgan fingerprint density at radius 1 is 1.05 bits per heavy atom. The number of hydroxylamine groups is 1. The van der Waals surface area contributed by atoms with Gasteiger partial charge < -0.3 is 0 Å². The smallest absolute Gasteiger partial charge is 0.274 e. The predicted octanol–water partition coefficient (Wildman–Crippen LogP) is 1.33. The maximum absolute atomic E-state index is 12.2. The number of carbonyl (C=O) groups excluding carboxylic acids is 1. The standard InChI is InChI=1S/C15H16N2O4S/c18-15(17-19)13-7-4-8-14(11-13)22(20,21)16-10-9-12-5-2-1-3-6-12/h1-8,11,16,19H,9-10H2,(H,17,18). The van der Waals surface area contributed by atoms with Gasteiger partial charge in [-0.25, -0.2) is 18.6 Å². The van der Waals surface area contributed by atoms with Crippen molar-refractivity contribution in [3.05, 3.63) is 65.7 Å². The van der Waals surface area contributed by atoms with Crippen molar-refractivity contribution in [3.63, 3.8) is 0 Å². The number of amides is 1. The topological polar surface area (TPSA) is 95.5 Å². The van der Waals surface area contributed by atoms with Crippen molar-refractivity contribution in [2.75, 3.05) is 6.54 Å². The summed E-state index contributed by atoms with van der Waals surface area (Å²) in [6, 6.07) is 15.0. The summed E-state index contributed by atoms with van der Waals surface area (Å²) in [5.74, 6) is -0.763. The molecule has 0 aliphatic rings. The molecular formula is C15H16N2O4S. The van der Waals surface area contributed by atoms with Crippen molar-refractivity contribution in [1.29, 1.82) is 0 Å². The second kappa shape index (κ2) is 7.17. The first-order valence-electron chi connectivity index (χ1n) is 6.61. The third-order valence-electron chi connectivity index (χ3n) is 3.06. The molecule has 0 atom stereocenters. The summed E-state index contributed by atoms with van der Waals surface area (Å²) < 4.78 is 26.8. The van der Waals surface area contributed by atoms with Crippen molar-refractivity contribution in [2.24, 2.45) is 0 Å². The van der Waals surface area contributed by atoms with E-state index in [1.54, 1.807) is 0 Å². The highest BCUT2D eigenvalue weighted by molar-refractivity contribution is 7.89. The van der Waals surface area contributed by atoms with Gasteiger partial charge in [-0.3, -0.25) is 10.0 Å². The van der Waals surface area contributed by atoms with Crippen LogP contribution in [-0.2, 0) is 16.4 Å². The third-order valence-corrected chi connectivity index (χ3v) is 4.52. The zero-order valence-corrected chi connectivity index (χ0v) is 12.5. The van der Waals surface area contributed by atoms with E-state index < -0.39 is 15.9 Å². The molecule has 116 valence electrons. The number of benzene rings is 2. The third kappa shape index (κ3) is 4.14. The summed E-state index contributed by atoms with van der Waals surface area (Å²) in [7, 11) is -3.71. The van der Waals surface area contributed by atoms with Crippen LogP contribution in [0, 0.1) is 0 Å². The average Bonchev–Trinajstić information content (AvgIpc) is 2.55. The molecule has 0 aromatic heterocycles. The first-order valence-corrected chi connectivity index (χ1v) is 8.09. The Morgan fingerprint density at radius 2 is 1.77 bits per heavy atom. The molecule has 0 radical (unpaired) electrons. The first-order chi connectivity index (χ1) is 10.5. The summed E-state index contributed by atoms with van der Waals surface area (Å²) in [5.41, 5.74) is 2.56. The molecule has 0 saturated heterocycles. The summed E-state index contributed by atoms with van der Waals surface area (Å²) in [6.45, 7) is 0.253. The Balaban J connectivity index is 2.05. The molecule has 0 bridgehead atoms. The van der Waals surface area contributed by atoms with Crippen molar-refractivity contribution in [3.8, 4) is 0 Å². The number of rotatable bonds is 6. The maximum Gasteiger partial charge on any atom is 0.274 e. The highest BCUT2D eigenvalue weighted by Crippen LogP contribution is 2.11. The number of sulfonamides is 1. The Bertz CT molecular complexity index is 745. The Morgan fingerprint density at radius 3 is 2.45 bits per heavy atom. The van der Waals surface area contributed by atoms with Gasteiger partial charge in [0.25, 0.3) is 5.91 Å². The highest BCUT2D eigenvalue weighted by atomic mass is 32.2. The Kier molecular flexibility index (Phi) is 5.26. The van der Waals surface area contributed by atoms with Crippen LogP contribution in [-0.4, -0.2) is 26.1 Å². The summed E-state index contributed by atoms with van der Waals surface area (Å²) in [4.78, 5) is 11.3. The van der Waals surface area contributed by atoms with Gasteiger partial charge in [-0.2, -0.15) is 0 Å². The van der Waals surface area contributed by atoms with Crippen LogP contribution in [0.1, 0.15) is 15.9 Å². The van der Waals surface area contributed by atoms with Gasteiger partial charge in [0.1, 0.15) is 0 Å². The zero-order chi connectivity index (χ0) is 16.0. The van der Waals surface area contributed by atoms with E-state index in [1.807, 2.05) is 30.3 Å². The molecule has 22 heavy (non-hydrogen) atoms. The van der Waals surface area contributed by atoms with Gasteiger partial charge >= 0.3 is 0 Å². The molecule has 2 aromatic carbocycles. The summed E-state index contributed by atoms with van der Waals surface area (Å²) >= 11 is 0. The largest absolute Gasteiger partial charge is 0.288 e. The van der Waals surface area contributed by atoms with Crippen molar-refractivity contribution in [1.82, 2.24) is 10.2 Å². The molecule has 0 heterocycles.